The lowest BCUT2D eigenvalue weighted by Crippen LogP contribution is -2.18. The van der Waals surface area contributed by atoms with Gasteiger partial charge in [0.1, 0.15) is 0 Å². The van der Waals surface area contributed by atoms with E-state index in [0.29, 0.717) is 0 Å². The fourth-order valence-electron chi connectivity index (χ4n) is 1.82. The number of hydrogen-bond donors (Lipinski definition) is 1. The predicted octanol–water partition coefficient (Wildman–Crippen LogP) is 2.03. The molecule has 0 atom stereocenters. The molecule has 0 unspecified atom stereocenters. The predicted molar refractivity (Wildman–Crippen MR) is 84.5 cm³/mol. The summed E-state index contributed by atoms with van der Waals surface area (Å²) in [5, 5.41) is 17.5. The molecular weight excluding hydrogens is 363 g/mol. The first-order valence-corrected chi connectivity index (χ1v) is 7.13. The number of rotatable bonds is 4. The Labute approximate surface area is 145 Å². The van der Waals surface area contributed by atoms with Crippen molar-refractivity contribution in [3.05, 3.63) is 33.8 Å². The van der Waals surface area contributed by atoms with Crippen LogP contribution < -0.4 is 5.32 Å². The second kappa shape index (κ2) is 7.05. The second-order valence-electron chi connectivity index (χ2n) is 5.06. The average molecular weight is 376 g/mol. The van der Waals surface area contributed by atoms with Crippen LogP contribution in [0.4, 0.5) is 19.1 Å². The number of carbonyl (C=O) groups excluding carboxylic acids is 1. The van der Waals surface area contributed by atoms with Crippen LogP contribution in [0.5, 0.6) is 0 Å². The number of hydrazone groups is 1. The minimum Gasteiger partial charge on any atom is -0.303 e. The van der Waals surface area contributed by atoms with Crippen molar-refractivity contribution in [2.45, 2.75) is 6.18 Å². The summed E-state index contributed by atoms with van der Waals surface area (Å²) in [6.45, 7) is 0. The molecule has 0 spiro atoms. The van der Waals surface area contributed by atoms with Crippen molar-refractivity contribution in [1.82, 2.24) is 25.2 Å². The Kier molecular flexibility index (Phi) is 5.26. The monoisotopic (exact) mass is 375 g/mol. The van der Waals surface area contributed by atoms with E-state index < -0.39 is 23.2 Å². The van der Waals surface area contributed by atoms with Crippen molar-refractivity contribution < 1.29 is 18.0 Å². The lowest BCUT2D eigenvalue weighted by Gasteiger charge is -2.14. The minimum absolute atomic E-state index is 0.0180. The van der Waals surface area contributed by atoms with E-state index in [9.17, 15) is 18.0 Å². The summed E-state index contributed by atoms with van der Waals surface area (Å²) in [5.74, 6) is -0.736. The fraction of sp³-hybridized carbons (Fsp3) is 0.308. The van der Waals surface area contributed by atoms with Crippen molar-refractivity contribution in [2.24, 2.45) is 12.1 Å². The lowest BCUT2D eigenvalue weighted by atomic mass is 10.0. The average Bonchev–Trinajstić information content (AvgIpc) is 2.89. The molecular formula is C13H13ClF3N7O. The summed E-state index contributed by atoms with van der Waals surface area (Å²) in [7, 11) is 4.56. The summed E-state index contributed by atoms with van der Waals surface area (Å²) in [4.78, 5) is 12.3. The number of alkyl halides is 3. The Morgan fingerprint density at radius 2 is 2.08 bits per heavy atom. The molecule has 1 aromatic heterocycles. The third-order valence-electron chi connectivity index (χ3n) is 2.99. The van der Waals surface area contributed by atoms with Gasteiger partial charge < -0.3 is 5.01 Å². The summed E-state index contributed by atoms with van der Waals surface area (Å²) in [6, 6.07) is 1.75. The molecule has 0 radical (unpaired) electrons. The number of aryl methyl sites for hydroxylation is 1. The van der Waals surface area contributed by atoms with Crippen molar-refractivity contribution in [3.8, 4) is 0 Å². The fourth-order valence-corrected chi connectivity index (χ4v) is 2.12. The van der Waals surface area contributed by atoms with Gasteiger partial charge in [0.15, 0.2) is 0 Å². The number of nitrogens with one attached hydrogen (secondary N) is 1. The summed E-state index contributed by atoms with van der Waals surface area (Å²) in [6.07, 6.45) is -3.70. The van der Waals surface area contributed by atoms with Crippen molar-refractivity contribution in [2.75, 3.05) is 19.4 Å². The molecule has 0 aliphatic rings. The topological polar surface area (TPSA) is 88.3 Å². The zero-order valence-corrected chi connectivity index (χ0v) is 14.1. The van der Waals surface area contributed by atoms with Gasteiger partial charge in [-0.05, 0) is 22.6 Å². The molecule has 8 nitrogen and oxygen atoms in total. The van der Waals surface area contributed by atoms with E-state index in [1.807, 2.05) is 0 Å². The third kappa shape index (κ3) is 4.24. The Bertz CT molecular complexity index is 816. The number of benzene rings is 1. The van der Waals surface area contributed by atoms with Gasteiger partial charge in [0.2, 0.25) is 5.95 Å². The van der Waals surface area contributed by atoms with Crippen LogP contribution in [-0.4, -0.2) is 51.4 Å². The summed E-state index contributed by atoms with van der Waals surface area (Å²) < 4.78 is 40.7. The molecule has 0 aliphatic carbocycles. The van der Waals surface area contributed by atoms with Crippen molar-refractivity contribution >= 4 is 29.7 Å². The van der Waals surface area contributed by atoms with E-state index in [0.717, 1.165) is 18.3 Å². The smallest absolute Gasteiger partial charge is 0.303 e. The van der Waals surface area contributed by atoms with Crippen LogP contribution in [0.2, 0.25) is 5.02 Å². The SMILES string of the molecule is CN(C)N=Cc1c(C(F)(F)F)ccc(C(=O)Nc2nnnn2C)c1Cl. The highest BCUT2D eigenvalue weighted by atomic mass is 35.5. The van der Waals surface area contributed by atoms with E-state index in [4.69, 9.17) is 11.6 Å². The highest BCUT2D eigenvalue weighted by Gasteiger charge is 2.35. The maximum atomic E-state index is 13.2. The Balaban J connectivity index is 2.48. The standard InChI is InChI=1S/C13H13ClF3N7O/c1-23(2)18-6-8-9(13(15,16)17)5-4-7(10(8)14)11(25)19-12-20-21-22-24(12)3/h4-6H,1-3H3,(H,19,20,22,25). The molecule has 0 saturated carbocycles. The second-order valence-corrected chi connectivity index (χ2v) is 5.44. The molecule has 25 heavy (non-hydrogen) atoms. The number of aromatic nitrogens is 4. The van der Waals surface area contributed by atoms with E-state index in [-0.39, 0.29) is 16.5 Å². The first-order chi connectivity index (χ1) is 11.6. The van der Waals surface area contributed by atoms with Crippen molar-refractivity contribution in [3.63, 3.8) is 0 Å². The van der Waals surface area contributed by atoms with Gasteiger partial charge in [-0.2, -0.15) is 18.3 Å². The van der Waals surface area contributed by atoms with Gasteiger partial charge in [0.25, 0.3) is 5.91 Å². The molecule has 0 bridgehead atoms. The number of halogens is 4. The van der Waals surface area contributed by atoms with Gasteiger partial charge >= 0.3 is 6.18 Å². The largest absolute Gasteiger partial charge is 0.417 e. The molecule has 1 N–H and O–H groups in total. The summed E-state index contributed by atoms with van der Waals surface area (Å²) in [5.41, 5.74) is -1.58. The molecule has 0 fully saturated rings. The lowest BCUT2D eigenvalue weighted by molar-refractivity contribution is -0.137. The van der Waals surface area contributed by atoms with Gasteiger partial charge in [0, 0.05) is 26.7 Å². The van der Waals surface area contributed by atoms with E-state index in [2.05, 4.69) is 25.9 Å². The molecule has 12 heteroatoms. The van der Waals surface area contributed by atoms with Crippen LogP contribution in [0.25, 0.3) is 0 Å². The van der Waals surface area contributed by atoms with Crippen molar-refractivity contribution in [1.29, 1.82) is 0 Å². The number of hydrogen-bond acceptors (Lipinski definition) is 6. The Hall–Kier alpha value is -2.69. The first-order valence-electron chi connectivity index (χ1n) is 6.76. The van der Waals surface area contributed by atoms with Crippen LogP contribution in [0.3, 0.4) is 0 Å². The van der Waals surface area contributed by atoms with Crippen LogP contribution in [-0.2, 0) is 13.2 Å². The molecule has 0 aliphatic heterocycles. The maximum Gasteiger partial charge on any atom is 0.417 e. The van der Waals surface area contributed by atoms with Crippen LogP contribution >= 0.6 is 11.6 Å². The zero-order chi connectivity index (χ0) is 18.8. The first kappa shape index (κ1) is 18.6. The van der Waals surface area contributed by atoms with Gasteiger partial charge in [-0.25, -0.2) is 4.68 Å². The Morgan fingerprint density at radius 3 is 2.60 bits per heavy atom. The number of tetrazole rings is 1. The van der Waals surface area contributed by atoms with Gasteiger partial charge in [0.05, 0.1) is 22.4 Å². The molecule has 1 heterocycles. The molecule has 0 saturated heterocycles. The highest BCUT2D eigenvalue weighted by Crippen LogP contribution is 2.36. The molecule has 1 amide bonds. The highest BCUT2D eigenvalue weighted by molar-refractivity contribution is 6.37. The van der Waals surface area contributed by atoms with Gasteiger partial charge in [-0.15, -0.1) is 0 Å². The maximum absolute atomic E-state index is 13.2. The van der Waals surface area contributed by atoms with E-state index in [1.165, 1.54) is 30.8 Å². The molecule has 1 aromatic carbocycles. The van der Waals surface area contributed by atoms with Crippen LogP contribution in [0.15, 0.2) is 17.2 Å². The molecule has 2 rings (SSSR count). The Morgan fingerprint density at radius 1 is 1.40 bits per heavy atom. The third-order valence-corrected chi connectivity index (χ3v) is 3.40. The van der Waals surface area contributed by atoms with Crippen LogP contribution in [0.1, 0.15) is 21.5 Å². The quantitative estimate of drug-likeness (QED) is 0.652. The van der Waals surface area contributed by atoms with Crippen LogP contribution in [0, 0.1) is 0 Å². The van der Waals surface area contributed by atoms with Gasteiger partial charge in [-0.3, -0.25) is 10.1 Å². The molecule has 134 valence electrons. The summed E-state index contributed by atoms with van der Waals surface area (Å²) >= 11 is 6.05. The number of anilines is 1. The number of amides is 1. The number of carbonyl (C=O) groups is 1. The van der Waals surface area contributed by atoms with Gasteiger partial charge in [-0.1, -0.05) is 16.7 Å². The molecule has 2 aromatic rings. The zero-order valence-electron chi connectivity index (χ0n) is 13.3. The van der Waals surface area contributed by atoms with E-state index >= 15 is 0 Å². The minimum atomic E-state index is -4.65. The normalized spacial score (nSPS) is 11.8. The van der Waals surface area contributed by atoms with E-state index in [1.54, 1.807) is 0 Å². The number of nitrogens with zero attached hydrogens (tertiary/aromatic N) is 6.